The van der Waals surface area contributed by atoms with E-state index in [1.165, 1.54) is 0 Å². The summed E-state index contributed by atoms with van der Waals surface area (Å²) in [6.45, 7) is 5.87. The molecule has 0 aromatic rings. The Bertz CT molecular complexity index is 264. The number of hydrogen-bond acceptors (Lipinski definition) is 5. The first-order chi connectivity index (χ1) is 8.80. The predicted octanol–water partition coefficient (Wildman–Crippen LogP) is 1.31. The Morgan fingerprint density at radius 2 is 1.70 bits per heavy atom. The second-order valence-corrected chi connectivity index (χ2v) is 8.49. The van der Waals surface area contributed by atoms with Crippen LogP contribution in [0.5, 0.6) is 0 Å². The molecule has 0 spiro atoms. The maximum atomic E-state index is 10.8. The van der Waals surface area contributed by atoms with Crippen LogP contribution in [0.25, 0.3) is 0 Å². The van der Waals surface area contributed by atoms with Gasteiger partial charge >= 0.3 is 8.80 Å². The topological polar surface area (TPSA) is 82.8 Å². The minimum absolute atomic E-state index is 0. The molecule has 0 aliphatic carbocycles. The van der Waals surface area contributed by atoms with E-state index in [1.807, 2.05) is 20.8 Å². The number of carbonyl (C=O) groups is 1. The van der Waals surface area contributed by atoms with Crippen LogP contribution >= 0.6 is 12.4 Å². The molecule has 0 saturated heterocycles. The fourth-order valence-electron chi connectivity index (χ4n) is 2.39. The van der Waals surface area contributed by atoms with Crippen LogP contribution in [-0.4, -0.2) is 48.1 Å². The molecular weight excluding hydrogens is 300 g/mol. The highest BCUT2D eigenvalue weighted by Crippen LogP contribution is 2.35. The maximum Gasteiger partial charge on any atom is 0.505 e. The van der Waals surface area contributed by atoms with Crippen molar-refractivity contribution in [1.82, 2.24) is 5.32 Å². The van der Waals surface area contributed by atoms with Crippen molar-refractivity contribution in [1.29, 1.82) is 0 Å². The van der Waals surface area contributed by atoms with Gasteiger partial charge in [0.15, 0.2) is 0 Å². The highest BCUT2D eigenvalue weighted by atomic mass is 35.5. The van der Waals surface area contributed by atoms with Gasteiger partial charge in [-0.25, -0.2) is 0 Å². The third kappa shape index (κ3) is 6.07. The number of amides is 1. The summed E-state index contributed by atoms with van der Waals surface area (Å²) in [5.41, 5.74) is 5.62. The zero-order chi connectivity index (χ0) is 15.1. The van der Waals surface area contributed by atoms with Crippen molar-refractivity contribution in [2.24, 2.45) is 5.73 Å². The van der Waals surface area contributed by atoms with Gasteiger partial charge in [0.2, 0.25) is 6.41 Å². The van der Waals surface area contributed by atoms with Crippen LogP contribution in [0.4, 0.5) is 0 Å². The van der Waals surface area contributed by atoms with E-state index in [0.717, 1.165) is 6.42 Å². The monoisotopic (exact) mass is 328 g/mol. The van der Waals surface area contributed by atoms with E-state index in [-0.39, 0.29) is 24.0 Å². The third-order valence-electron chi connectivity index (χ3n) is 3.26. The lowest BCUT2D eigenvalue weighted by Crippen LogP contribution is -2.56. The van der Waals surface area contributed by atoms with Gasteiger partial charge in [-0.1, -0.05) is 6.92 Å². The zero-order valence-electron chi connectivity index (χ0n) is 13.3. The summed E-state index contributed by atoms with van der Waals surface area (Å²) in [7, 11) is 1.84. The largest absolute Gasteiger partial charge is 0.505 e. The van der Waals surface area contributed by atoms with Gasteiger partial charge in [-0.05, 0) is 26.7 Å². The summed E-state index contributed by atoms with van der Waals surface area (Å²) in [5.74, 6) is 0. The fraction of sp³-hybridized carbons (Fsp3) is 0.917. The molecule has 0 heterocycles. The molecule has 3 N–H and O–H groups in total. The second-order valence-electron chi connectivity index (χ2n) is 5.31. The maximum absolute atomic E-state index is 10.8. The molecule has 0 aliphatic rings. The molecule has 0 fully saturated rings. The van der Waals surface area contributed by atoms with Crippen molar-refractivity contribution >= 4 is 27.6 Å². The lowest BCUT2D eigenvalue weighted by atomic mass is 9.95. The van der Waals surface area contributed by atoms with Gasteiger partial charge in [-0.15, -0.1) is 12.4 Å². The van der Waals surface area contributed by atoms with Gasteiger partial charge in [0, 0.05) is 32.9 Å². The molecule has 0 aromatic carbocycles. The molecule has 8 heteroatoms. The van der Waals surface area contributed by atoms with Gasteiger partial charge in [0.1, 0.15) is 0 Å². The quantitative estimate of drug-likeness (QED) is 0.466. The van der Waals surface area contributed by atoms with Crippen LogP contribution < -0.4 is 11.1 Å². The smallest absolute Gasteiger partial charge is 0.377 e. The highest BCUT2D eigenvalue weighted by Gasteiger charge is 2.51. The Morgan fingerprint density at radius 1 is 1.25 bits per heavy atom. The van der Waals surface area contributed by atoms with Gasteiger partial charge in [-0.2, -0.15) is 0 Å². The number of rotatable bonds is 10. The normalized spacial score (nSPS) is 15.2. The van der Waals surface area contributed by atoms with Crippen LogP contribution in [0.15, 0.2) is 0 Å². The molecular formula is C12H29ClN2O4Si. The van der Waals surface area contributed by atoms with E-state index in [9.17, 15) is 4.79 Å². The molecule has 0 aliphatic heterocycles. The lowest BCUT2D eigenvalue weighted by Gasteiger charge is -2.39. The van der Waals surface area contributed by atoms with E-state index in [1.54, 1.807) is 21.3 Å². The van der Waals surface area contributed by atoms with E-state index < -0.39 is 14.3 Å². The Morgan fingerprint density at radius 3 is 1.95 bits per heavy atom. The summed E-state index contributed by atoms with van der Waals surface area (Å²) in [5, 5.41) is 2.82. The van der Waals surface area contributed by atoms with Crippen molar-refractivity contribution in [3.63, 3.8) is 0 Å². The minimum Gasteiger partial charge on any atom is -0.377 e. The molecule has 2 atom stereocenters. The Balaban J connectivity index is 0. The second kappa shape index (κ2) is 9.70. The Hall–Kier alpha value is -0.183. The first-order valence-corrected chi connectivity index (χ1v) is 8.24. The minimum atomic E-state index is -2.88. The van der Waals surface area contributed by atoms with Gasteiger partial charge in [0.25, 0.3) is 0 Å². The van der Waals surface area contributed by atoms with Gasteiger partial charge in [0.05, 0.1) is 5.54 Å². The van der Waals surface area contributed by atoms with E-state index in [4.69, 9.17) is 19.0 Å². The summed E-state index contributed by atoms with van der Waals surface area (Å²) in [4.78, 5) is 10.8. The number of nitrogens with two attached hydrogens (primary N) is 1. The summed E-state index contributed by atoms with van der Waals surface area (Å²) in [6.07, 6.45) is 2.09. The van der Waals surface area contributed by atoms with E-state index >= 15 is 0 Å². The average molecular weight is 329 g/mol. The SMILES string of the molecule is CCC(NC=O)C(CC(C)(C)N)[Si](OC)(OC)OC.Cl. The molecule has 0 bridgehead atoms. The molecule has 0 radical (unpaired) electrons. The fourth-order valence-corrected chi connectivity index (χ4v) is 5.40. The zero-order valence-corrected chi connectivity index (χ0v) is 15.1. The molecule has 20 heavy (non-hydrogen) atoms. The van der Waals surface area contributed by atoms with Crippen LogP contribution in [0.3, 0.4) is 0 Å². The number of carbonyl (C=O) groups excluding carboxylic acids is 1. The lowest BCUT2D eigenvalue weighted by molar-refractivity contribution is -0.110. The van der Waals surface area contributed by atoms with Crippen molar-refractivity contribution in [3.8, 4) is 0 Å². The van der Waals surface area contributed by atoms with Crippen LogP contribution in [-0.2, 0) is 18.1 Å². The van der Waals surface area contributed by atoms with Crippen molar-refractivity contribution < 1.29 is 18.1 Å². The first kappa shape index (κ1) is 22.1. The third-order valence-corrected chi connectivity index (χ3v) is 6.48. The van der Waals surface area contributed by atoms with Crippen LogP contribution in [0.1, 0.15) is 33.6 Å². The summed E-state index contributed by atoms with van der Waals surface area (Å²) >= 11 is 0. The standard InChI is InChI=1S/C12H28N2O4Si.ClH/c1-7-10(14-9-15)11(8-12(2,3)13)19(16-4,17-5)18-6;/h9-11H,7-8,13H2,1-6H3,(H,14,15);1H. The Labute approximate surface area is 129 Å². The molecule has 122 valence electrons. The molecule has 0 rings (SSSR count). The molecule has 0 saturated carbocycles. The molecule has 0 aromatic heterocycles. The number of nitrogens with one attached hydrogen (secondary N) is 1. The number of hydrogen-bond donors (Lipinski definition) is 2. The van der Waals surface area contributed by atoms with E-state index in [0.29, 0.717) is 12.8 Å². The van der Waals surface area contributed by atoms with Crippen LogP contribution in [0.2, 0.25) is 5.54 Å². The molecule has 6 nitrogen and oxygen atoms in total. The summed E-state index contributed by atoms with van der Waals surface area (Å²) in [6, 6.07) is -0.0909. The Kier molecular flexibility index (Phi) is 10.7. The van der Waals surface area contributed by atoms with Gasteiger partial charge in [-0.3, -0.25) is 4.79 Å². The van der Waals surface area contributed by atoms with Gasteiger partial charge < -0.3 is 24.3 Å². The van der Waals surface area contributed by atoms with Crippen molar-refractivity contribution in [2.45, 2.75) is 50.7 Å². The average Bonchev–Trinajstić information content (AvgIpc) is 2.36. The van der Waals surface area contributed by atoms with Crippen molar-refractivity contribution in [3.05, 3.63) is 0 Å². The highest BCUT2D eigenvalue weighted by molar-refractivity contribution is 6.62. The molecule has 1 amide bonds. The number of halogens is 1. The molecule has 2 unspecified atom stereocenters. The van der Waals surface area contributed by atoms with E-state index in [2.05, 4.69) is 5.32 Å². The predicted molar refractivity (Wildman–Crippen MR) is 83.9 cm³/mol. The summed E-state index contributed by atoms with van der Waals surface area (Å²) < 4.78 is 16.7. The van der Waals surface area contributed by atoms with Crippen LogP contribution in [0, 0.1) is 0 Å². The first-order valence-electron chi connectivity index (χ1n) is 6.44. The van der Waals surface area contributed by atoms with Crippen molar-refractivity contribution in [2.75, 3.05) is 21.3 Å².